The molecule has 0 spiro atoms. The topological polar surface area (TPSA) is 99.3 Å². The Morgan fingerprint density at radius 3 is 2.53 bits per heavy atom. The van der Waals surface area contributed by atoms with Gasteiger partial charge in [0, 0.05) is 23.3 Å². The summed E-state index contributed by atoms with van der Waals surface area (Å²) in [6.45, 7) is 3.99. The minimum atomic E-state index is -0.287. The van der Waals surface area contributed by atoms with Crippen LogP contribution in [0.15, 0.2) is 60.9 Å². The second-order valence-electron chi connectivity index (χ2n) is 7.40. The summed E-state index contributed by atoms with van der Waals surface area (Å²) in [6, 6.07) is 15.7. The molecular weight excluding hydrogens is 376 g/mol. The van der Waals surface area contributed by atoms with Crippen LogP contribution in [-0.4, -0.2) is 31.1 Å². The summed E-state index contributed by atoms with van der Waals surface area (Å²) < 4.78 is 0. The van der Waals surface area contributed by atoms with Crippen molar-refractivity contribution in [2.45, 2.75) is 19.9 Å². The number of carbonyl (C=O) groups is 1. The van der Waals surface area contributed by atoms with Gasteiger partial charge in [-0.05, 0) is 43.7 Å². The van der Waals surface area contributed by atoms with E-state index in [9.17, 15) is 4.79 Å². The number of aryl methyl sites for hydroxylation is 1. The summed E-state index contributed by atoms with van der Waals surface area (Å²) in [7, 11) is 0. The van der Waals surface area contributed by atoms with Gasteiger partial charge in [0.15, 0.2) is 0 Å². The van der Waals surface area contributed by atoms with Crippen molar-refractivity contribution in [3.63, 3.8) is 0 Å². The molecule has 3 heterocycles. The summed E-state index contributed by atoms with van der Waals surface area (Å²) in [5, 5.41) is 10.3. The fourth-order valence-corrected chi connectivity index (χ4v) is 3.65. The minimum Gasteiger partial charge on any atom is -0.343 e. The predicted octanol–water partition coefficient (Wildman–Crippen LogP) is 4.30. The molecule has 0 saturated carbocycles. The van der Waals surface area contributed by atoms with Crippen molar-refractivity contribution in [2.75, 3.05) is 0 Å². The highest BCUT2D eigenvalue weighted by Gasteiger charge is 2.18. The lowest BCUT2D eigenvalue weighted by Gasteiger charge is -2.13. The molecule has 1 atom stereocenters. The number of imidazole rings is 1. The van der Waals surface area contributed by atoms with E-state index in [1.165, 1.54) is 0 Å². The van der Waals surface area contributed by atoms with Crippen LogP contribution in [0.3, 0.4) is 0 Å². The molecule has 148 valence electrons. The number of nitrogens with one attached hydrogen (secondary N) is 3. The molecule has 5 rings (SSSR count). The van der Waals surface area contributed by atoms with Crippen molar-refractivity contribution in [3.8, 4) is 11.3 Å². The Labute approximate surface area is 172 Å². The van der Waals surface area contributed by atoms with E-state index in [-0.39, 0.29) is 17.8 Å². The van der Waals surface area contributed by atoms with Gasteiger partial charge in [0.2, 0.25) is 5.82 Å². The fraction of sp³-hybridized carbons (Fsp3) is 0.130. The molecule has 2 aromatic carbocycles. The summed E-state index contributed by atoms with van der Waals surface area (Å²) in [6.07, 6.45) is 3.50. The van der Waals surface area contributed by atoms with Crippen LogP contribution in [0, 0.1) is 6.92 Å². The zero-order chi connectivity index (χ0) is 20.7. The van der Waals surface area contributed by atoms with Crippen LogP contribution in [0.2, 0.25) is 0 Å². The summed E-state index contributed by atoms with van der Waals surface area (Å²) in [5.41, 5.74) is 6.41. The number of amides is 1. The van der Waals surface area contributed by atoms with Gasteiger partial charge in [0.1, 0.15) is 0 Å². The third kappa shape index (κ3) is 3.20. The first kappa shape index (κ1) is 18.1. The fourth-order valence-electron chi connectivity index (χ4n) is 3.65. The molecule has 3 aromatic heterocycles. The van der Waals surface area contributed by atoms with Crippen LogP contribution in [0.1, 0.15) is 34.7 Å². The van der Waals surface area contributed by atoms with E-state index in [1.54, 1.807) is 12.4 Å². The second kappa shape index (κ2) is 7.11. The third-order valence-electron chi connectivity index (χ3n) is 5.22. The first-order valence-corrected chi connectivity index (χ1v) is 9.74. The van der Waals surface area contributed by atoms with Gasteiger partial charge in [-0.2, -0.15) is 0 Å². The van der Waals surface area contributed by atoms with E-state index in [0.29, 0.717) is 11.0 Å². The highest BCUT2D eigenvalue weighted by Crippen LogP contribution is 2.29. The molecule has 0 radical (unpaired) electrons. The van der Waals surface area contributed by atoms with E-state index < -0.39 is 0 Å². The summed E-state index contributed by atoms with van der Waals surface area (Å²) in [4.78, 5) is 25.7. The number of pyridine rings is 1. The number of hydrogen-bond acceptors (Lipinski definition) is 4. The maximum atomic E-state index is 12.7. The third-order valence-corrected chi connectivity index (χ3v) is 5.22. The number of nitrogens with zero attached hydrogens (tertiary/aromatic N) is 3. The summed E-state index contributed by atoms with van der Waals surface area (Å²) in [5.74, 6) is -0.114. The lowest BCUT2D eigenvalue weighted by Crippen LogP contribution is -2.27. The van der Waals surface area contributed by atoms with Crippen molar-refractivity contribution < 1.29 is 4.79 Å². The monoisotopic (exact) mass is 396 g/mol. The zero-order valence-corrected chi connectivity index (χ0v) is 16.6. The highest BCUT2D eigenvalue weighted by molar-refractivity contribution is 6.02. The van der Waals surface area contributed by atoms with Crippen LogP contribution in [0.25, 0.3) is 33.2 Å². The molecule has 1 amide bonds. The number of fused-ring (bicyclic) bond motifs is 2. The van der Waals surface area contributed by atoms with Gasteiger partial charge in [-0.25, -0.2) is 9.97 Å². The molecule has 0 aliphatic rings. The number of rotatable bonds is 4. The average Bonchev–Trinajstić information content (AvgIpc) is 3.36. The van der Waals surface area contributed by atoms with E-state index in [4.69, 9.17) is 0 Å². The van der Waals surface area contributed by atoms with Gasteiger partial charge in [-0.15, -0.1) is 0 Å². The Balaban J connectivity index is 1.46. The van der Waals surface area contributed by atoms with Crippen molar-refractivity contribution >= 4 is 27.8 Å². The van der Waals surface area contributed by atoms with Gasteiger partial charge < -0.3 is 10.4 Å². The van der Waals surface area contributed by atoms with Crippen LogP contribution < -0.4 is 5.32 Å². The molecule has 0 aliphatic carbocycles. The minimum absolute atomic E-state index is 0.137. The lowest BCUT2D eigenvalue weighted by atomic mass is 10.1. The van der Waals surface area contributed by atoms with Crippen molar-refractivity contribution in [1.29, 1.82) is 0 Å². The van der Waals surface area contributed by atoms with Crippen LogP contribution >= 0.6 is 0 Å². The Morgan fingerprint density at radius 1 is 1.00 bits per heavy atom. The molecule has 30 heavy (non-hydrogen) atoms. The Hall–Kier alpha value is -4.00. The molecule has 0 aliphatic heterocycles. The molecule has 0 fully saturated rings. The highest BCUT2D eigenvalue weighted by atomic mass is 16.2. The second-order valence-corrected chi connectivity index (χ2v) is 7.40. The largest absolute Gasteiger partial charge is 0.343 e. The molecule has 0 saturated heterocycles. The standard InChI is InChI=1S/C23H20N6O/c1-13-4-3-5-16(10-13)14(2)25-23(30)22-26-19-11-17-18(12-20(19)27-22)28-29-21(17)15-6-8-24-9-7-15/h3-12,14,28-29H,1-2H3,(H,25,30)/t14-/m1/s1. The van der Waals surface area contributed by atoms with Gasteiger partial charge in [0.25, 0.3) is 5.91 Å². The van der Waals surface area contributed by atoms with Crippen molar-refractivity contribution in [3.05, 3.63) is 77.9 Å². The SMILES string of the molecule is Cc1cccc([C@@H](C)NC(=O)c2nc3cc4[nH][nH]c(-c5ccncc5)c4cc3n2)c1. The first-order valence-electron chi connectivity index (χ1n) is 9.74. The first-order chi connectivity index (χ1) is 14.6. The number of aromatic nitrogens is 5. The van der Waals surface area contributed by atoms with E-state index >= 15 is 0 Å². The van der Waals surface area contributed by atoms with Crippen LogP contribution in [-0.2, 0) is 0 Å². The molecule has 0 unspecified atom stereocenters. The summed E-state index contributed by atoms with van der Waals surface area (Å²) >= 11 is 0. The van der Waals surface area contributed by atoms with Gasteiger partial charge in [-0.3, -0.25) is 14.9 Å². The van der Waals surface area contributed by atoms with E-state index in [0.717, 1.165) is 33.3 Å². The van der Waals surface area contributed by atoms with Gasteiger partial charge in [0.05, 0.1) is 28.3 Å². The normalized spacial score (nSPS) is 12.3. The smallest absolute Gasteiger partial charge is 0.289 e. The molecule has 0 bridgehead atoms. The van der Waals surface area contributed by atoms with Gasteiger partial charge >= 0.3 is 0 Å². The van der Waals surface area contributed by atoms with Crippen molar-refractivity contribution in [2.24, 2.45) is 0 Å². The molecule has 7 heteroatoms. The number of carbonyl (C=O) groups excluding carboxylic acids is 1. The quantitative estimate of drug-likeness (QED) is 0.422. The average molecular weight is 396 g/mol. The Kier molecular flexibility index (Phi) is 4.28. The molecule has 5 aromatic rings. The number of H-pyrrole nitrogens is 2. The van der Waals surface area contributed by atoms with Crippen LogP contribution in [0.5, 0.6) is 0 Å². The molecule has 7 nitrogen and oxygen atoms in total. The van der Waals surface area contributed by atoms with Gasteiger partial charge in [-0.1, -0.05) is 29.8 Å². The predicted molar refractivity (Wildman–Crippen MR) is 116 cm³/mol. The maximum absolute atomic E-state index is 12.7. The lowest BCUT2D eigenvalue weighted by molar-refractivity contribution is 0.0930. The number of aromatic amines is 2. The van der Waals surface area contributed by atoms with E-state index in [2.05, 4.69) is 36.5 Å². The number of hydrogen-bond donors (Lipinski definition) is 3. The van der Waals surface area contributed by atoms with Crippen molar-refractivity contribution in [1.82, 2.24) is 30.5 Å². The molecular formula is C23H20N6O. The van der Waals surface area contributed by atoms with Crippen LogP contribution in [0.4, 0.5) is 0 Å². The van der Waals surface area contributed by atoms with E-state index in [1.807, 2.05) is 56.3 Å². The Bertz CT molecular complexity index is 1370. The number of benzene rings is 2. The zero-order valence-electron chi connectivity index (χ0n) is 16.6. The maximum Gasteiger partial charge on any atom is 0.289 e. The Morgan fingerprint density at radius 2 is 1.77 bits per heavy atom. The molecule has 3 N–H and O–H groups in total.